The van der Waals surface area contributed by atoms with Crippen LogP contribution in [0.5, 0.6) is 0 Å². The van der Waals surface area contributed by atoms with Gasteiger partial charge in [-0.3, -0.25) is 9.58 Å². The smallest absolute Gasteiger partial charge is 0.0738 e. The average molecular weight is 234 g/mol. The van der Waals surface area contributed by atoms with Gasteiger partial charge in [-0.2, -0.15) is 0 Å². The van der Waals surface area contributed by atoms with Crippen molar-refractivity contribution in [3.63, 3.8) is 0 Å². The molecular formula is C13H22N4. The Bertz CT molecular complexity index is 400. The second-order valence-electron chi connectivity index (χ2n) is 6.16. The summed E-state index contributed by atoms with van der Waals surface area (Å²) in [6.45, 7) is 5.95. The molecule has 4 heteroatoms. The third-order valence-corrected chi connectivity index (χ3v) is 4.66. The van der Waals surface area contributed by atoms with Gasteiger partial charge in [0.15, 0.2) is 0 Å². The predicted molar refractivity (Wildman–Crippen MR) is 66.3 cm³/mol. The molecule has 2 fully saturated rings. The number of hydrogen-bond acceptors (Lipinski definition) is 3. The Morgan fingerprint density at radius 3 is 3.00 bits per heavy atom. The third-order valence-electron chi connectivity index (χ3n) is 4.66. The summed E-state index contributed by atoms with van der Waals surface area (Å²) in [4.78, 5) is 2.58. The first-order valence-electron chi connectivity index (χ1n) is 6.73. The molecular weight excluding hydrogens is 212 g/mol. The van der Waals surface area contributed by atoms with Crippen LogP contribution in [0.1, 0.15) is 38.3 Å². The molecule has 4 nitrogen and oxygen atoms in total. The van der Waals surface area contributed by atoms with Crippen LogP contribution >= 0.6 is 0 Å². The maximum atomic E-state index is 4.00. The zero-order chi connectivity index (χ0) is 11.9. The Morgan fingerprint density at radius 2 is 2.35 bits per heavy atom. The van der Waals surface area contributed by atoms with Gasteiger partial charge in [0.1, 0.15) is 0 Å². The van der Waals surface area contributed by atoms with Crippen LogP contribution in [-0.4, -0.2) is 33.0 Å². The summed E-state index contributed by atoms with van der Waals surface area (Å²) in [6.07, 6.45) is 7.59. The molecule has 2 atom stereocenters. The fraction of sp³-hybridized carbons (Fsp3) is 0.846. The van der Waals surface area contributed by atoms with Gasteiger partial charge in [0.05, 0.1) is 11.9 Å². The van der Waals surface area contributed by atoms with E-state index >= 15 is 0 Å². The molecule has 1 aliphatic carbocycles. The van der Waals surface area contributed by atoms with Crippen LogP contribution in [-0.2, 0) is 13.6 Å². The molecule has 3 rings (SSSR count). The minimum absolute atomic E-state index is 0.644. The average Bonchev–Trinajstić information content (AvgIpc) is 2.95. The zero-order valence-electron chi connectivity index (χ0n) is 10.9. The second-order valence-corrected chi connectivity index (χ2v) is 6.16. The first kappa shape index (κ1) is 11.2. The summed E-state index contributed by atoms with van der Waals surface area (Å²) in [5.41, 5.74) is 1.87. The van der Waals surface area contributed by atoms with Crippen molar-refractivity contribution >= 4 is 0 Å². The predicted octanol–water partition coefficient (Wildman–Crippen LogP) is 1.83. The fourth-order valence-electron chi connectivity index (χ4n) is 3.71. The van der Waals surface area contributed by atoms with Gasteiger partial charge in [-0.1, -0.05) is 18.6 Å². The number of hydrogen-bond donors (Lipinski definition) is 0. The van der Waals surface area contributed by atoms with E-state index in [1.807, 2.05) is 17.9 Å². The fourth-order valence-corrected chi connectivity index (χ4v) is 3.71. The monoisotopic (exact) mass is 234 g/mol. The molecule has 0 aromatic carbocycles. The third kappa shape index (κ3) is 2.10. The second kappa shape index (κ2) is 4.09. The summed E-state index contributed by atoms with van der Waals surface area (Å²) >= 11 is 0. The lowest BCUT2D eigenvalue weighted by Crippen LogP contribution is -2.26. The number of nitrogens with zero attached hydrogens (tertiary/aromatic N) is 4. The highest BCUT2D eigenvalue weighted by Crippen LogP contribution is 2.48. The van der Waals surface area contributed by atoms with Crippen LogP contribution in [0.3, 0.4) is 0 Å². The highest BCUT2D eigenvalue weighted by atomic mass is 15.4. The van der Waals surface area contributed by atoms with Crippen LogP contribution < -0.4 is 0 Å². The number of aromatic nitrogens is 3. The van der Waals surface area contributed by atoms with Gasteiger partial charge in [0, 0.05) is 20.1 Å². The van der Waals surface area contributed by atoms with E-state index in [1.54, 1.807) is 0 Å². The molecule has 0 bridgehead atoms. The lowest BCUT2D eigenvalue weighted by Gasteiger charge is -2.24. The summed E-state index contributed by atoms with van der Waals surface area (Å²) in [5, 5.41) is 7.95. The zero-order valence-corrected chi connectivity index (χ0v) is 10.9. The summed E-state index contributed by atoms with van der Waals surface area (Å²) in [6, 6.07) is 0. The van der Waals surface area contributed by atoms with E-state index in [1.165, 1.54) is 44.5 Å². The minimum atomic E-state index is 0.644. The maximum absolute atomic E-state index is 4.00. The molecule has 94 valence electrons. The number of rotatable bonds is 2. The van der Waals surface area contributed by atoms with Gasteiger partial charge >= 0.3 is 0 Å². The first-order chi connectivity index (χ1) is 8.17. The van der Waals surface area contributed by atoms with E-state index in [-0.39, 0.29) is 0 Å². The molecule has 2 unspecified atom stereocenters. The molecule has 1 spiro atoms. The van der Waals surface area contributed by atoms with Crippen LogP contribution in [0.2, 0.25) is 0 Å². The van der Waals surface area contributed by atoms with Crippen molar-refractivity contribution < 1.29 is 0 Å². The molecule has 0 radical (unpaired) electrons. The van der Waals surface area contributed by atoms with Crippen LogP contribution in [0, 0.1) is 11.3 Å². The maximum Gasteiger partial charge on any atom is 0.0738 e. The Kier molecular flexibility index (Phi) is 2.69. The van der Waals surface area contributed by atoms with E-state index < -0.39 is 0 Å². The first-order valence-corrected chi connectivity index (χ1v) is 6.73. The van der Waals surface area contributed by atoms with Gasteiger partial charge in [0.25, 0.3) is 0 Å². The molecule has 0 N–H and O–H groups in total. The number of aryl methyl sites for hydroxylation is 1. The van der Waals surface area contributed by atoms with Crippen molar-refractivity contribution in [2.75, 3.05) is 13.1 Å². The van der Waals surface area contributed by atoms with Crippen molar-refractivity contribution in [3.8, 4) is 0 Å². The highest BCUT2D eigenvalue weighted by molar-refractivity contribution is 4.99. The topological polar surface area (TPSA) is 34.0 Å². The molecule has 2 aliphatic rings. The Hall–Kier alpha value is -0.900. The van der Waals surface area contributed by atoms with Crippen LogP contribution in [0.4, 0.5) is 0 Å². The van der Waals surface area contributed by atoms with E-state index in [9.17, 15) is 0 Å². The Morgan fingerprint density at radius 1 is 1.47 bits per heavy atom. The largest absolute Gasteiger partial charge is 0.297 e. The Balaban J connectivity index is 1.63. The van der Waals surface area contributed by atoms with Gasteiger partial charge in [-0.05, 0) is 37.1 Å². The number of likely N-dealkylation sites (tertiary alicyclic amines) is 1. The SMILES string of the molecule is CC1CCC2(CCN(Cc3cnnn3C)C2)C1. The standard InChI is InChI=1S/C13H22N4/c1-11-3-4-13(7-11)5-6-17(10-13)9-12-8-14-15-16(12)2/h8,11H,3-7,9-10H2,1-2H3. The van der Waals surface area contributed by atoms with Gasteiger partial charge < -0.3 is 0 Å². The van der Waals surface area contributed by atoms with Gasteiger partial charge in [-0.15, -0.1) is 5.10 Å². The van der Waals surface area contributed by atoms with E-state index in [4.69, 9.17) is 0 Å². The van der Waals surface area contributed by atoms with Crippen LogP contribution in [0.25, 0.3) is 0 Å². The molecule has 2 heterocycles. The van der Waals surface area contributed by atoms with Crippen molar-refractivity contribution in [2.45, 2.75) is 39.2 Å². The molecule has 1 aliphatic heterocycles. The lowest BCUT2D eigenvalue weighted by molar-refractivity contribution is 0.247. The molecule has 1 saturated heterocycles. The van der Waals surface area contributed by atoms with Crippen LogP contribution in [0.15, 0.2) is 6.20 Å². The quantitative estimate of drug-likeness (QED) is 0.783. The normalized spacial score (nSPS) is 33.9. The Labute approximate surface area is 103 Å². The van der Waals surface area contributed by atoms with Crippen molar-refractivity contribution in [3.05, 3.63) is 11.9 Å². The summed E-state index contributed by atoms with van der Waals surface area (Å²) in [5.74, 6) is 0.938. The van der Waals surface area contributed by atoms with E-state index in [2.05, 4.69) is 22.1 Å². The van der Waals surface area contributed by atoms with Gasteiger partial charge in [-0.25, -0.2) is 0 Å². The molecule has 17 heavy (non-hydrogen) atoms. The van der Waals surface area contributed by atoms with Gasteiger partial charge in [0.2, 0.25) is 0 Å². The van der Waals surface area contributed by atoms with E-state index in [0.29, 0.717) is 5.41 Å². The molecule has 1 aromatic heterocycles. The summed E-state index contributed by atoms with van der Waals surface area (Å²) < 4.78 is 1.89. The highest BCUT2D eigenvalue weighted by Gasteiger charge is 2.42. The molecule has 1 saturated carbocycles. The van der Waals surface area contributed by atoms with Crippen molar-refractivity contribution in [1.82, 2.24) is 19.9 Å². The van der Waals surface area contributed by atoms with Crippen molar-refractivity contribution in [2.24, 2.45) is 18.4 Å². The molecule has 1 aromatic rings. The minimum Gasteiger partial charge on any atom is -0.297 e. The van der Waals surface area contributed by atoms with E-state index in [0.717, 1.165) is 12.5 Å². The lowest BCUT2D eigenvalue weighted by atomic mass is 9.85. The molecule has 0 amide bonds. The summed E-state index contributed by atoms with van der Waals surface area (Å²) in [7, 11) is 1.98. The van der Waals surface area contributed by atoms with Crippen molar-refractivity contribution in [1.29, 1.82) is 0 Å².